The van der Waals surface area contributed by atoms with E-state index in [2.05, 4.69) is 9.97 Å². The number of pyridine rings is 1. The SMILES string of the molecule is Cc1ccnc(C(C)C)c1-n1c(=O)nc2c3c(cc(-c4c(O)cccc4F)cc31)OC[C@@H]1CN(C(=O)OC(C)(C)C)CCN21. The van der Waals surface area contributed by atoms with Gasteiger partial charge in [-0.05, 0) is 75.1 Å². The van der Waals surface area contributed by atoms with Crippen LogP contribution in [0.25, 0.3) is 27.7 Å². The van der Waals surface area contributed by atoms with Crippen molar-refractivity contribution in [2.45, 2.75) is 59.1 Å². The predicted octanol–water partition coefficient (Wildman–Crippen LogP) is 5.54. The number of aromatic hydroxyl groups is 1. The van der Waals surface area contributed by atoms with Crippen LogP contribution in [0.15, 0.2) is 47.4 Å². The minimum Gasteiger partial charge on any atom is -0.507 e. The number of aromatic nitrogens is 3. The highest BCUT2D eigenvalue weighted by molar-refractivity contribution is 6.00. The van der Waals surface area contributed by atoms with Gasteiger partial charge < -0.3 is 24.4 Å². The quantitative estimate of drug-likeness (QED) is 0.326. The number of anilines is 1. The molecule has 2 aliphatic heterocycles. The number of halogens is 1. The maximum absolute atomic E-state index is 15.2. The number of phenolic OH excluding ortho intramolecular Hbond substituents is 1. The Morgan fingerprint density at radius 2 is 1.95 bits per heavy atom. The fraction of sp³-hybridized carbons (Fsp3) is 0.394. The molecule has 0 bridgehead atoms. The van der Waals surface area contributed by atoms with Crippen LogP contribution in [0.2, 0.25) is 0 Å². The number of hydrogen-bond acceptors (Lipinski definition) is 8. The summed E-state index contributed by atoms with van der Waals surface area (Å²) in [7, 11) is 0. The van der Waals surface area contributed by atoms with Crippen molar-refractivity contribution in [3.63, 3.8) is 0 Å². The third kappa shape index (κ3) is 5.10. The van der Waals surface area contributed by atoms with Crippen LogP contribution in [0, 0.1) is 12.7 Å². The smallest absolute Gasteiger partial charge is 0.410 e. The molecule has 11 heteroatoms. The first-order chi connectivity index (χ1) is 20.8. The van der Waals surface area contributed by atoms with Gasteiger partial charge in [0.15, 0.2) is 0 Å². The fourth-order valence-electron chi connectivity index (χ4n) is 6.02. The van der Waals surface area contributed by atoms with Crippen molar-refractivity contribution < 1.29 is 23.8 Å². The van der Waals surface area contributed by atoms with Crippen molar-refractivity contribution >= 4 is 22.8 Å². The van der Waals surface area contributed by atoms with Gasteiger partial charge in [0.1, 0.15) is 35.3 Å². The van der Waals surface area contributed by atoms with E-state index >= 15 is 4.39 Å². The lowest BCUT2D eigenvalue weighted by Crippen LogP contribution is -2.57. The minimum absolute atomic E-state index is 0.00308. The van der Waals surface area contributed by atoms with Crippen molar-refractivity contribution in [3.8, 4) is 28.3 Å². The van der Waals surface area contributed by atoms with Gasteiger partial charge in [-0.15, -0.1) is 0 Å². The van der Waals surface area contributed by atoms with E-state index in [1.165, 1.54) is 22.8 Å². The third-order valence-electron chi connectivity index (χ3n) is 7.98. The molecular weight excluding hydrogens is 565 g/mol. The van der Waals surface area contributed by atoms with Crippen LogP contribution in [0.5, 0.6) is 11.5 Å². The molecule has 2 aromatic heterocycles. The zero-order chi connectivity index (χ0) is 31.5. The lowest BCUT2D eigenvalue weighted by molar-refractivity contribution is 0.0202. The summed E-state index contributed by atoms with van der Waals surface area (Å²) in [6.07, 6.45) is 1.29. The number of hydrogen-bond donors (Lipinski definition) is 1. The highest BCUT2D eigenvalue weighted by atomic mass is 19.1. The first kappa shape index (κ1) is 29.4. The first-order valence-electron chi connectivity index (χ1n) is 14.8. The average molecular weight is 602 g/mol. The number of ether oxygens (including phenoxy) is 2. The van der Waals surface area contributed by atoms with Gasteiger partial charge in [-0.2, -0.15) is 4.98 Å². The summed E-state index contributed by atoms with van der Waals surface area (Å²) in [4.78, 5) is 39.9. The molecule has 10 nitrogen and oxygen atoms in total. The molecule has 1 saturated heterocycles. The van der Waals surface area contributed by atoms with Crippen LogP contribution in [-0.2, 0) is 4.74 Å². The Labute approximate surface area is 254 Å². The predicted molar refractivity (Wildman–Crippen MR) is 165 cm³/mol. The van der Waals surface area contributed by atoms with Gasteiger partial charge in [-0.1, -0.05) is 19.9 Å². The normalized spacial score (nSPS) is 16.5. The molecule has 0 aliphatic carbocycles. The Morgan fingerprint density at radius 1 is 1.18 bits per heavy atom. The minimum atomic E-state index is -0.642. The number of fused-ring (bicyclic) bond motifs is 2. The summed E-state index contributed by atoms with van der Waals surface area (Å²) in [5.74, 6) is -0.0396. The molecule has 1 N–H and O–H groups in total. The first-order valence-corrected chi connectivity index (χ1v) is 14.8. The average Bonchev–Trinajstić information content (AvgIpc) is 3.09. The number of piperazine rings is 1. The molecule has 0 radical (unpaired) electrons. The zero-order valence-electron chi connectivity index (χ0n) is 25.7. The topological polar surface area (TPSA) is 110 Å². The van der Waals surface area contributed by atoms with E-state index in [9.17, 15) is 14.7 Å². The summed E-state index contributed by atoms with van der Waals surface area (Å²) >= 11 is 0. The molecule has 44 heavy (non-hydrogen) atoms. The van der Waals surface area contributed by atoms with Crippen molar-refractivity contribution in [2.75, 3.05) is 31.1 Å². The van der Waals surface area contributed by atoms with Gasteiger partial charge in [-0.3, -0.25) is 9.55 Å². The molecule has 0 saturated carbocycles. The standard InChI is InChI=1S/C33H36FN5O5/c1-18(2)28-29(19(3)10-11-35-28)39-23-14-20(26-22(34)8-7-9-24(26)40)15-25-27(23)30(36-31(39)41)38-13-12-37(16-21(38)17-43-25)32(42)44-33(4,5)6/h7-11,14-15,18,21,40H,12-13,16-17H2,1-6H3/t21-/m0/s1. The molecule has 1 fully saturated rings. The van der Waals surface area contributed by atoms with Gasteiger partial charge in [0, 0.05) is 25.8 Å². The summed E-state index contributed by atoms with van der Waals surface area (Å²) in [6, 6.07) is 9.00. The van der Waals surface area contributed by atoms with E-state index in [1.807, 2.05) is 52.5 Å². The Kier molecular flexibility index (Phi) is 7.22. The van der Waals surface area contributed by atoms with E-state index in [1.54, 1.807) is 23.2 Å². The summed E-state index contributed by atoms with van der Waals surface area (Å²) < 4.78 is 28.7. The number of amides is 1. The Morgan fingerprint density at radius 3 is 2.66 bits per heavy atom. The number of carbonyl (C=O) groups excluding carboxylic acids is 1. The molecule has 2 aromatic carbocycles. The maximum Gasteiger partial charge on any atom is 0.410 e. The van der Waals surface area contributed by atoms with Gasteiger partial charge >= 0.3 is 11.8 Å². The highest BCUT2D eigenvalue weighted by Gasteiger charge is 2.37. The van der Waals surface area contributed by atoms with Crippen LogP contribution in [0.1, 0.15) is 51.8 Å². The lowest BCUT2D eigenvalue weighted by atomic mass is 10.00. The second-order valence-corrected chi connectivity index (χ2v) is 12.7. The van der Waals surface area contributed by atoms with Crippen molar-refractivity contribution in [3.05, 3.63) is 70.2 Å². The molecular formula is C33H36FN5O5. The molecule has 230 valence electrons. The fourth-order valence-corrected chi connectivity index (χ4v) is 6.02. The Bertz CT molecular complexity index is 1830. The summed E-state index contributed by atoms with van der Waals surface area (Å²) in [6.45, 7) is 12.6. The van der Waals surface area contributed by atoms with E-state index in [4.69, 9.17) is 9.47 Å². The van der Waals surface area contributed by atoms with Crippen molar-refractivity contribution in [1.82, 2.24) is 19.4 Å². The molecule has 4 heterocycles. The van der Waals surface area contributed by atoms with Crippen LogP contribution in [0.3, 0.4) is 0 Å². The number of rotatable bonds is 3. The van der Waals surface area contributed by atoms with Crippen molar-refractivity contribution in [1.29, 1.82) is 0 Å². The van der Waals surface area contributed by atoms with E-state index in [0.717, 1.165) is 5.56 Å². The molecule has 2 aliphatic rings. The summed E-state index contributed by atoms with van der Waals surface area (Å²) in [5.41, 5.74) is 1.75. The number of aryl methyl sites for hydroxylation is 1. The van der Waals surface area contributed by atoms with E-state index < -0.39 is 23.2 Å². The van der Waals surface area contributed by atoms with Crippen LogP contribution >= 0.6 is 0 Å². The van der Waals surface area contributed by atoms with Gasteiger partial charge in [0.05, 0.1) is 33.9 Å². The second kappa shape index (κ2) is 10.8. The molecule has 4 aromatic rings. The number of carbonyl (C=O) groups is 1. The van der Waals surface area contributed by atoms with Crippen molar-refractivity contribution in [2.24, 2.45) is 0 Å². The summed E-state index contributed by atoms with van der Waals surface area (Å²) in [5, 5.41) is 11.3. The number of benzene rings is 2. The molecule has 1 amide bonds. The second-order valence-electron chi connectivity index (χ2n) is 12.7. The number of phenols is 1. The number of nitrogens with zero attached hydrogens (tertiary/aromatic N) is 5. The van der Waals surface area contributed by atoms with Crippen LogP contribution in [0.4, 0.5) is 15.0 Å². The molecule has 1 atom stereocenters. The Balaban J connectivity index is 1.59. The van der Waals surface area contributed by atoms with Gasteiger partial charge in [0.2, 0.25) is 0 Å². The lowest BCUT2D eigenvalue weighted by Gasteiger charge is -2.41. The third-order valence-corrected chi connectivity index (χ3v) is 7.98. The largest absolute Gasteiger partial charge is 0.507 e. The van der Waals surface area contributed by atoms with E-state index in [0.29, 0.717) is 59.0 Å². The molecule has 6 rings (SSSR count). The maximum atomic E-state index is 15.2. The van der Waals surface area contributed by atoms with Crippen LogP contribution < -0.4 is 15.3 Å². The Hall–Kier alpha value is -4.67. The highest BCUT2D eigenvalue weighted by Crippen LogP contribution is 2.43. The van der Waals surface area contributed by atoms with Gasteiger partial charge in [-0.25, -0.2) is 14.0 Å². The van der Waals surface area contributed by atoms with E-state index in [-0.39, 0.29) is 29.9 Å². The monoisotopic (exact) mass is 601 g/mol. The zero-order valence-corrected chi connectivity index (χ0v) is 25.7. The molecule has 0 unspecified atom stereocenters. The van der Waals surface area contributed by atoms with Gasteiger partial charge in [0.25, 0.3) is 0 Å². The molecule has 0 spiro atoms. The van der Waals surface area contributed by atoms with Crippen LogP contribution in [-0.4, -0.2) is 68.5 Å².